The van der Waals surface area contributed by atoms with Gasteiger partial charge >= 0.3 is 5.97 Å². The Kier molecular flexibility index (Phi) is 4.31. The molecule has 6 heteroatoms. The second-order valence-electron chi connectivity index (χ2n) is 5.43. The van der Waals surface area contributed by atoms with Crippen LogP contribution >= 0.6 is 11.3 Å². The first-order valence-electron chi connectivity index (χ1n) is 7.52. The van der Waals surface area contributed by atoms with Crippen LogP contribution in [0.3, 0.4) is 0 Å². The third-order valence-corrected chi connectivity index (χ3v) is 4.67. The lowest BCUT2D eigenvalue weighted by Gasteiger charge is -2.03. The molecule has 2 heterocycles. The Morgan fingerprint density at radius 3 is 2.83 bits per heavy atom. The zero-order valence-electron chi connectivity index (χ0n) is 13.3. The molecule has 1 aromatic carbocycles. The monoisotopic (exact) mass is 340 g/mol. The molecule has 0 radical (unpaired) electrons. The van der Waals surface area contributed by atoms with Crippen molar-refractivity contribution in [2.24, 2.45) is 0 Å². The Bertz CT molecular complexity index is 1010. The number of carbonyl (C=O) groups is 1. The van der Waals surface area contributed by atoms with E-state index >= 15 is 0 Å². The number of hydrogen-bond acceptors (Lipinski definition) is 4. The van der Waals surface area contributed by atoms with E-state index in [2.05, 4.69) is 4.98 Å². The molecule has 2 aromatic heterocycles. The molecule has 0 bridgehead atoms. The molecule has 0 aliphatic heterocycles. The summed E-state index contributed by atoms with van der Waals surface area (Å²) in [6, 6.07) is 8.01. The Morgan fingerprint density at radius 1 is 1.38 bits per heavy atom. The predicted molar refractivity (Wildman–Crippen MR) is 95.8 cm³/mol. The highest BCUT2D eigenvalue weighted by Crippen LogP contribution is 2.18. The van der Waals surface area contributed by atoms with E-state index in [1.165, 1.54) is 10.6 Å². The average molecular weight is 340 g/mol. The van der Waals surface area contributed by atoms with Crippen molar-refractivity contribution in [1.29, 1.82) is 0 Å². The molecule has 0 atom stereocenters. The van der Waals surface area contributed by atoms with E-state index in [4.69, 9.17) is 5.11 Å². The van der Waals surface area contributed by atoms with Crippen LogP contribution in [0.4, 0.5) is 0 Å². The van der Waals surface area contributed by atoms with Crippen LogP contribution in [0, 0.1) is 6.92 Å². The number of nitrogens with zero attached hydrogens (tertiary/aromatic N) is 2. The zero-order valence-corrected chi connectivity index (χ0v) is 14.1. The zero-order chi connectivity index (χ0) is 17.3. The van der Waals surface area contributed by atoms with Gasteiger partial charge in [0.1, 0.15) is 4.88 Å². The summed E-state index contributed by atoms with van der Waals surface area (Å²) in [6.07, 6.45) is 5.59. The number of rotatable bonds is 4. The van der Waals surface area contributed by atoms with Gasteiger partial charge in [0.05, 0.1) is 5.69 Å². The van der Waals surface area contributed by atoms with Gasteiger partial charge in [0.15, 0.2) is 4.96 Å². The van der Waals surface area contributed by atoms with Gasteiger partial charge in [-0.3, -0.25) is 9.20 Å². The van der Waals surface area contributed by atoms with Gasteiger partial charge in [0.2, 0.25) is 0 Å². The number of benzene rings is 1. The van der Waals surface area contributed by atoms with Crippen LogP contribution < -0.4 is 5.56 Å². The van der Waals surface area contributed by atoms with Crippen LogP contribution in [0.25, 0.3) is 17.1 Å². The highest BCUT2D eigenvalue weighted by molar-refractivity contribution is 7.18. The van der Waals surface area contributed by atoms with Gasteiger partial charge < -0.3 is 5.11 Å². The van der Waals surface area contributed by atoms with Crippen molar-refractivity contribution in [2.45, 2.75) is 20.3 Å². The highest BCUT2D eigenvalue weighted by atomic mass is 32.1. The molecule has 24 heavy (non-hydrogen) atoms. The maximum Gasteiger partial charge on any atom is 0.347 e. The Morgan fingerprint density at radius 2 is 2.17 bits per heavy atom. The summed E-state index contributed by atoms with van der Waals surface area (Å²) in [5, 5.41) is 9.10. The molecule has 5 nitrogen and oxygen atoms in total. The summed E-state index contributed by atoms with van der Waals surface area (Å²) in [5.41, 5.74) is 3.13. The first kappa shape index (κ1) is 16.1. The number of carboxylic acids is 1. The van der Waals surface area contributed by atoms with E-state index < -0.39 is 5.97 Å². The number of fused-ring (bicyclic) bond motifs is 1. The highest BCUT2D eigenvalue weighted by Gasteiger charge is 2.15. The second kappa shape index (κ2) is 6.41. The van der Waals surface area contributed by atoms with Crippen molar-refractivity contribution in [2.75, 3.05) is 0 Å². The number of aromatic nitrogens is 2. The molecule has 1 N–H and O–H groups in total. The molecule has 3 rings (SSSR count). The summed E-state index contributed by atoms with van der Waals surface area (Å²) in [5.74, 6) is -1.06. The van der Waals surface area contributed by atoms with E-state index in [9.17, 15) is 9.59 Å². The lowest BCUT2D eigenvalue weighted by atomic mass is 10.1. The molecular weight excluding hydrogens is 324 g/mol. The average Bonchev–Trinajstić information content (AvgIpc) is 2.98. The molecule has 122 valence electrons. The Labute approximate surface area is 142 Å². The van der Waals surface area contributed by atoms with Crippen molar-refractivity contribution >= 4 is 34.4 Å². The second-order valence-corrected chi connectivity index (χ2v) is 6.44. The first-order valence-corrected chi connectivity index (χ1v) is 8.34. The standard InChI is InChI=1S/C18H16N2O3S/c1-3-13-14(8-7-12-6-4-5-11(2)9-12)19-18-20(16(13)21)10-15(24-18)17(22)23/h4-10H,3H2,1-2H3,(H,22,23). The van der Waals surface area contributed by atoms with E-state index in [1.54, 1.807) is 0 Å². The minimum absolute atomic E-state index is 0.0986. The van der Waals surface area contributed by atoms with Crippen LogP contribution in [0.5, 0.6) is 0 Å². The van der Waals surface area contributed by atoms with E-state index in [1.807, 2.05) is 50.3 Å². The fourth-order valence-corrected chi connectivity index (χ4v) is 3.33. The topological polar surface area (TPSA) is 71.7 Å². The van der Waals surface area contributed by atoms with Gasteiger partial charge in [-0.15, -0.1) is 0 Å². The Hall–Kier alpha value is -2.73. The molecule has 0 aliphatic rings. The van der Waals surface area contributed by atoms with Gasteiger partial charge in [-0.1, -0.05) is 54.2 Å². The minimum Gasteiger partial charge on any atom is -0.477 e. The maximum atomic E-state index is 12.6. The summed E-state index contributed by atoms with van der Waals surface area (Å²) >= 11 is 0.995. The lowest BCUT2D eigenvalue weighted by Crippen LogP contribution is -2.19. The molecule has 0 saturated heterocycles. The number of aryl methyl sites for hydroxylation is 1. The molecular formula is C18H16N2O3S. The first-order chi connectivity index (χ1) is 11.5. The SMILES string of the molecule is CCc1c(C=Cc2cccc(C)c2)nc2sc(C(=O)O)cn2c1=O. The van der Waals surface area contributed by atoms with Crippen molar-refractivity contribution in [3.63, 3.8) is 0 Å². The number of thiazole rings is 1. The number of carboxylic acid groups (broad SMARTS) is 1. The lowest BCUT2D eigenvalue weighted by molar-refractivity contribution is 0.0701. The summed E-state index contributed by atoms with van der Waals surface area (Å²) < 4.78 is 1.32. The molecule has 0 amide bonds. The molecule has 0 unspecified atom stereocenters. The fourth-order valence-electron chi connectivity index (χ4n) is 2.51. The van der Waals surface area contributed by atoms with Gasteiger partial charge in [0.25, 0.3) is 5.56 Å². The smallest absolute Gasteiger partial charge is 0.347 e. The maximum absolute atomic E-state index is 12.6. The molecule has 0 fully saturated rings. The normalized spacial score (nSPS) is 11.4. The van der Waals surface area contributed by atoms with Gasteiger partial charge in [-0.25, -0.2) is 9.78 Å². The quantitative estimate of drug-likeness (QED) is 0.789. The third-order valence-electron chi connectivity index (χ3n) is 3.70. The Balaban J connectivity index is 2.13. The molecule has 3 aromatic rings. The summed E-state index contributed by atoms with van der Waals surface area (Å²) in [6.45, 7) is 3.91. The van der Waals surface area contributed by atoms with E-state index in [-0.39, 0.29) is 10.4 Å². The van der Waals surface area contributed by atoms with Crippen LogP contribution in [0.1, 0.15) is 39.0 Å². The summed E-state index contributed by atoms with van der Waals surface area (Å²) in [7, 11) is 0. The number of hydrogen-bond donors (Lipinski definition) is 1. The van der Waals surface area contributed by atoms with Crippen LogP contribution in [0.15, 0.2) is 35.3 Å². The van der Waals surface area contributed by atoms with Crippen molar-refractivity contribution in [3.8, 4) is 0 Å². The van der Waals surface area contributed by atoms with Crippen LogP contribution in [-0.4, -0.2) is 20.5 Å². The van der Waals surface area contributed by atoms with Crippen molar-refractivity contribution < 1.29 is 9.90 Å². The fraction of sp³-hybridized carbons (Fsp3) is 0.167. The molecule has 0 spiro atoms. The number of aromatic carboxylic acids is 1. The van der Waals surface area contributed by atoms with E-state index in [0.717, 1.165) is 22.5 Å². The summed E-state index contributed by atoms with van der Waals surface area (Å²) in [4.78, 5) is 28.7. The van der Waals surface area contributed by atoms with Crippen LogP contribution in [0.2, 0.25) is 0 Å². The van der Waals surface area contributed by atoms with Crippen molar-refractivity contribution in [3.05, 3.63) is 68.1 Å². The predicted octanol–water partition coefficient (Wildman–Crippen LogP) is 3.50. The minimum atomic E-state index is -1.06. The van der Waals surface area contributed by atoms with Gasteiger partial charge in [-0.2, -0.15) is 0 Å². The molecule has 0 aliphatic carbocycles. The molecule has 0 saturated carbocycles. The van der Waals surface area contributed by atoms with Crippen molar-refractivity contribution in [1.82, 2.24) is 9.38 Å². The van der Waals surface area contributed by atoms with Crippen LogP contribution in [-0.2, 0) is 6.42 Å². The van der Waals surface area contributed by atoms with E-state index in [0.29, 0.717) is 22.6 Å². The largest absolute Gasteiger partial charge is 0.477 e. The van der Waals surface area contributed by atoms with Gasteiger partial charge in [0, 0.05) is 11.8 Å². The van der Waals surface area contributed by atoms with Gasteiger partial charge in [-0.05, 0) is 25.0 Å². The third kappa shape index (κ3) is 3.00.